The van der Waals surface area contributed by atoms with Crippen LogP contribution in [0.1, 0.15) is 44.0 Å². The molecule has 0 aromatic carbocycles. The third-order valence-corrected chi connectivity index (χ3v) is 5.19. The molecule has 3 N–H and O–H groups in total. The summed E-state index contributed by atoms with van der Waals surface area (Å²) in [6, 6.07) is 2.96. The zero-order valence-electron chi connectivity index (χ0n) is 19.6. The highest BCUT2D eigenvalue weighted by Gasteiger charge is 2.25. The second-order valence-electron chi connectivity index (χ2n) is 8.80. The summed E-state index contributed by atoms with van der Waals surface area (Å²) in [5, 5.41) is 13.8. The van der Waals surface area contributed by atoms with Gasteiger partial charge in [-0.05, 0) is 57.1 Å². The fourth-order valence-corrected chi connectivity index (χ4v) is 3.46. The van der Waals surface area contributed by atoms with Gasteiger partial charge in [-0.25, -0.2) is 18.6 Å². The Balaban J connectivity index is 1.78. The Labute approximate surface area is 202 Å². The summed E-state index contributed by atoms with van der Waals surface area (Å²) in [7, 11) is 3.36. The van der Waals surface area contributed by atoms with Crippen molar-refractivity contribution in [1.82, 2.24) is 15.3 Å². The number of fused-ring (bicyclic) bond motifs is 1. The smallest absolute Gasteiger partial charge is 0.414 e. The van der Waals surface area contributed by atoms with Crippen LogP contribution in [0, 0.1) is 5.41 Å². The molecule has 0 fully saturated rings. The van der Waals surface area contributed by atoms with Gasteiger partial charge in [0.05, 0.1) is 17.6 Å². The van der Waals surface area contributed by atoms with Crippen LogP contribution in [0.25, 0.3) is 0 Å². The minimum atomic E-state index is -2.78. The second kappa shape index (κ2) is 9.84. The van der Waals surface area contributed by atoms with Crippen molar-refractivity contribution in [3.63, 3.8) is 0 Å². The summed E-state index contributed by atoms with van der Waals surface area (Å²) < 4.78 is 31.9. The number of likely N-dealkylation sites (N-methyl/N-ethyl adjacent to an activating group) is 1. The Hall–Kier alpha value is -3.41. The maximum atomic E-state index is 13.3. The largest absolute Gasteiger partial charge is 0.443 e. The zero-order valence-corrected chi connectivity index (χ0v) is 20.4. The lowest BCUT2D eigenvalue weighted by Crippen LogP contribution is -2.37. The Morgan fingerprint density at radius 1 is 1.29 bits per heavy atom. The van der Waals surface area contributed by atoms with Crippen LogP contribution in [0.2, 0.25) is 0 Å². The van der Waals surface area contributed by atoms with Crippen molar-refractivity contribution in [2.24, 2.45) is 0 Å². The molecule has 3 rings (SSSR count). The average molecular weight is 492 g/mol. The summed E-state index contributed by atoms with van der Waals surface area (Å²) in [6.45, 7) is 5.97. The molecule has 0 aliphatic carbocycles. The van der Waals surface area contributed by atoms with Crippen LogP contribution < -0.4 is 20.4 Å². The minimum Gasteiger partial charge on any atom is -0.443 e. The van der Waals surface area contributed by atoms with Crippen LogP contribution >= 0.6 is 12.2 Å². The van der Waals surface area contributed by atoms with E-state index in [0.29, 0.717) is 5.69 Å². The van der Waals surface area contributed by atoms with Crippen LogP contribution in [0.5, 0.6) is 0 Å². The zero-order chi connectivity index (χ0) is 25.2. The van der Waals surface area contributed by atoms with Gasteiger partial charge < -0.3 is 20.3 Å². The molecule has 2 aromatic heterocycles. The Bertz CT molecular complexity index is 1120. The van der Waals surface area contributed by atoms with E-state index in [9.17, 15) is 13.6 Å². The molecule has 0 unspecified atom stereocenters. The number of aromatic nitrogens is 2. The number of pyridine rings is 2. The van der Waals surface area contributed by atoms with Crippen LogP contribution in [0.4, 0.5) is 30.8 Å². The highest BCUT2D eigenvalue weighted by molar-refractivity contribution is 7.80. The Morgan fingerprint density at radius 2 is 2.00 bits per heavy atom. The molecule has 3 heterocycles. The molecule has 1 aliphatic heterocycles. The lowest BCUT2D eigenvalue weighted by atomic mass is 10.2. The van der Waals surface area contributed by atoms with Gasteiger partial charge in [0.1, 0.15) is 11.3 Å². The number of amidine groups is 1. The first-order valence-corrected chi connectivity index (χ1v) is 10.9. The molecular formula is C22H27F2N7O2S. The number of ether oxygens (including phenoxy) is 1. The van der Waals surface area contributed by atoms with E-state index in [4.69, 9.17) is 22.4 Å². The maximum absolute atomic E-state index is 13.3. The van der Waals surface area contributed by atoms with Gasteiger partial charge in [-0.3, -0.25) is 15.3 Å². The Morgan fingerprint density at radius 3 is 2.65 bits per heavy atom. The third kappa shape index (κ3) is 5.93. The molecule has 0 saturated carbocycles. The number of anilines is 3. The molecule has 34 heavy (non-hydrogen) atoms. The monoisotopic (exact) mass is 491 g/mol. The number of rotatable bonds is 4. The van der Waals surface area contributed by atoms with Crippen molar-refractivity contribution in [3.8, 4) is 0 Å². The van der Waals surface area contributed by atoms with Gasteiger partial charge in [-0.2, -0.15) is 0 Å². The summed E-state index contributed by atoms with van der Waals surface area (Å²) in [6.07, 6.45) is 0.0330. The van der Waals surface area contributed by atoms with Gasteiger partial charge in [-0.15, -0.1) is 0 Å². The van der Waals surface area contributed by atoms with E-state index in [1.54, 1.807) is 27.0 Å². The molecule has 0 bridgehead atoms. The van der Waals surface area contributed by atoms with Gasteiger partial charge in [0, 0.05) is 32.4 Å². The molecule has 0 atom stereocenters. The van der Waals surface area contributed by atoms with Crippen LogP contribution in [-0.2, 0) is 11.2 Å². The molecule has 0 radical (unpaired) electrons. The summed E-state index contributed by atoms with van der Waals surface area (Å²) in [4.78, 5) is 24.0. The van der Waals surface area contributed by atoms with Gasteiger partial charge in [0.25, 0.3) is 6.43 Å². The Kier molecular flexibility index (Phi) is 7.29. The number of hydrogen-bond donors (Lipinski definition) is 3. The van der Waals surface area contributed by atoms with E-state index in [-0.39, 0.29) is 28.0 Å². The van der Waals surface area contributed by atoms with Crippen LogP contribution in [0.15, 0.2) is 24.5 Å². The van der Waals surface area contributed by atoms with E-state index in [1.807, 2.05) is 13.1 Å². The normalized spacial score (nSPS) is 12.9. The first-order chi connectivity index (χ1) is 15.9. The number of amides is 1. The van der Waals surface area contributed by atoms with Crippen molar-refractivity contribution < 1.29 is 18.3 Å². The minimum absolute atomic E-state index is 0.0134. The number of carbonyl (C=O) groups is 1. The van der Waals surface area contributed by atoms with E-state index in [2.05, 4.69) is 25.5 Å². The number of nitrogens with one attached hydrogen (secondary N) is 3. The molecule has 12 heteroatoms. The van der Waals surface area contributed by atoms with E-state index in [0.717, 1.165) is 41.4 Å². The standard InChI is InChI=1S/C22H27F2N7O2S/c1-22(2,3)33-21(32)31(5)15-9-13(17(23)24)10-27-19(15)29-20(34)28-18(25)14-8-12-6-7-30(4)16(12)11-26-14/h8-11,17H,6-7H2,1-5H3,(H3,25,27,28,29,34). The van der Waals surface area contributed by atoms with E-state index in [1.165, 1.54) is 7.05 Å². The van der Waals surface area contributed by atoms with Crippen molar-refractivity contribution in [2.75, 3.05) is 35.8 Å². The van der Waals surface area contributed by atoms with Gasteiger partial charge in [-0.1, -0.05) is 0 Å². The quantitative estimate of drug-likeness (QED) is 0.334. The number of nitrogens with zero attached hydrogens (tertiary/aromatic N) is 4. The molecule has 1 aliphatic rings. The van der Waals surface area contributed by atoms with E-state index >= 15 is 0 Å². The number of halogens is 2. The van der Waals surface area contributed by atoms with Crippen LogP contribution in [0.3, 0.4) is 0 Å². The third-order valence-electron chi connectivity index (χ3n) is 4.99. The highest BCUT2D eigenvalue weighted by Crippen LogP contribution is 2.30. The molecule has 9 nitrogen and oxygen atoms in total. The van der Waals surface area contributed by atoms with Crippen molar-refractivity contribution in [1.29, 1.82) is 5.41 Å². The predicted molar refractivity (Wildman–Crippen MR) is 131 cm³/mol. The first kappa shape index (κ1) is 25.2. The fraction of sp³-hybridized carbons (Fsp3) is 0.409. The van der Waals surface area contributed by atoms with Gasteiger partial charge in [0.2, 0.25) is 0 Å². The van der Waals surface area contributed by atoms with Crippen LogP contribution in [-0.4, -0.2) is 53.3 Å². The lowest BCUT2D eigenvalue weighted by molar-refractivity contribution is 0.0589. The molecule has 2 aromatic rings. The number of thiocarbonyl (C=S) groups is 1. The molecular weight excluding hydrogens is 464 g/mol. The fourth-order valence-electron chi connectivity index (χ4n) is 3.26. The van der Waals surface area contributed by atoms with Crippen molar-refractivity contribution in [3.05, 3.63) is 41.3 Å². The summed E-state index contributed by atoms with van der Waals surface area (Å²) in [5.41, 5.74) is 1.41. The van der Waals surface area contributed by atoms with Crippen molar-refractivity contribution >= 4 is 46.5 Å². The summed E-state index contributed by atoms with van der Waals surface area (Å²) >= 11 is 5.29. The SMILES string of the molecule is CN1CCc2cc(C(=N)NC(=S)Nc3ncc(C(F)F)cc3N(C)C(=O)OC(C)(C)C)ncc21. The van der Waals surface area contributed by atoms with Crippen molar-refractivity contribution in [2.45, 2.75) is 39.2 Å². The first-order valence-electron chi connectivity index (χ1n) is 10.5. The number of alkyl halides is 2. The predicted octanol–water partition coefficient (Wildman–Crippen LogP) is 4.09. The number of hydrogen-bond acceptors (Lipinski definition) is 7. The van der Waals surface area contributed by atoms with Gasteiger partial charge in [0.15, 0.2) is 16.8 Å². The molecule has 1 amide bonds. The average Bonchev–Trinajstić information content (AvgIpc) is 3.12. The summed E-state index contributed by atoms with van der Waals surface area (Å²) in [5.74, 6) is 0.00713. The molecule has 0 spiro atoms. The topological polar surface area (TPSA) is 106 Å². The maximum Gasteiger partial charge on any atom is 0.414 e. The molecule has 0 saturated heterocycles. The second-order valence-corrected chi connectivity index (χ2v) is 9.21. The highest BCUT2D eigenvalue weighted by atomic mass is 32.1. The van der Waals surface area contributed by atoms with E-state index < -0.39 is 18.1 Å². The molecule has 182 valence electrons. The number of carbonyl (C=O) groups excluding carboxylic acids is 1. The van der Waals surface area contributed by atoms with Gasteiger partial charge >= 0.3 is 6.09 Å². The lowest BCUT2D eigenvalue weighted by Gasteiger charge is -2.26.